The van der Waals surface area contributed by atoms with E-state index < -0.39 is 0 Å². The molecule has 118 valence electrons. The van der Waals surface area contributed by atoms with Crippen molar-refractivity contribution >= 4 is 0 Å². The number of fused-ring (bicyclic) bond motifs is 1. The quantitative estimate of drug-likeness (QED) is 0.680. The molecular formula is C20H33N. The predicted molar refractivity (Wildman–Crippen MR) is 93.0 cm³/mol. The van der Waals surface area contributed by atoms with E-state index in [1.54, 1.807) is 16.7 Å². The maximum absolute atomic E-state index is 3.62. The van der Waals surface area contributed by atoms with Gasteiger partial charge in [0.1, 0.15) is 0 Å². The van der Waals surface area contributed by atoms with Crippen LogP contribution < -0.4 is 5.32 Å². The van der Waals surface area contributed by atoms with E-state index in [2.05, 4.69) is 44.3 Å². The first-order valence-electron chi connectivity index (χ1n) is 9.04. The third kappa shape index (κ3) is 4.32. The molecule has 1 nitrogen and oxygen atoms in total. The van der Waals surface area contributed by atoms with Crippen molar-refractivity contribution in [1.29, 1.82) is 0 Å². The lowest BCUT2D eigenvalue weighted by Crippen LogP contribution is -2.36. The number of benzene rings is 1. The molecule has 2 rings (SSSR count). The minimum absolute atomic E-state index is 0.443. The van der Waals surface area contributed by atoms with E-state index in [0.29, 0.717) is 5.41 Å². The van der Waals surface area contributed by atoms with Crippen LogP contribution in [0.25, 0.3) is 0 Å². The summed E-state index contributed by atoms with van der Waals surface area (Å²) in [5.74, 6) is 0. The summed E-state index contributed by atoms with van der Waals surface area (Å²) in [6, 6.07) is 7.29. The third-order valence-electron chi connectivity index (χ3n) is 5.30. The van der Waals surface area contributed by atoms with Crippen LogP contribution in [0, 0.1) is 5.41 Å². The van der Waals surface area contributed by atoms with Crippen LogP contribution in [0.4, 0.5) is 0 Å². The number of hydrogen-bond acceptors (Lipinski definition) is 1. The Kier molecular flexibility index (Phi) is 6.29. The number of unbranched alkanes of at least 4 members (excludes halogenated alkanes) is 1. The lowest BCUT2D eigenvalue weighted by Gasteiger charge is -2.34. The average molecular weight is 287 g/mol. The Morgan fingerprint density at radius 3 is 2.62 bits per heavy atom. The van der Waals surface area contributed by atoms with Crippen molar-refractivity contribution in [3.05, 3.63) is 34.9 Å². The van der Waals surface area contributed by atoms with Gasteiger partial charge in [0.25, 0.3) is 0 Å². The molecule has 0 aliphatic heterocycles. The van der Waals surface area contributed by atoms with Crippen LogP contribution in [-0.4, -0.2) is 13.1 Å². The molecule has 1 unspecified atom stereocenters. The Labute approximate surface area is 131 Å². The second-order valence-corrected chi connectivity index (χ2v) is 6.87. The minimum atomic E-state index is 0.443. The highest BCUT2D eigenvalue weighted by Gasteiger charge is 2.27. The highest BCUT2D eigenvalue weighted by molar-refractivity contribution is 5.35. The van der Waals surface area contributed by atoms with Crippen molar-refractivity contribution < 1.29 is 0 Å². The maximum atomic E-state index is 3.62. The minimum Gasteiger partial charge on any atom is -0.316 e. The highest BCUT2D eigenvalue weighted by Crippen LogP contribution is 2.34. The van der Waals surface area contributed by atoms with Crippen molar-refractivity contribution in [3.8, 4) is 0 Å². The van der Waals surface area contributed by atoms with Gasteiger partial charge in [-0.2, -0.15) is 0 Å². The lowest BCUT2D eigenvalue weighted by atomic mass is 9.75. The van der Waals surface area contributed by atoms with E-state index >= 15 is 0 Å². The highest BCUT2D eigenvalue weighted by atomic mass is 14.9. The fourth-order valence-electron chi connectivity index (χ4n) is 3.78. The normalized spacial score (nSPS) is 16.7. The topological polar surface area (TPSA) is 12.0 Å². The Morgan fingerprint density at radius 2 is 1.90 bits per heavy atom. The van der Waals surface area contributed by atoms with Crippen LogP contribution in [0.1, 0.15) is 69.6 Å². The van der Waals surface area contributed by atoms with Crippen molar-refractivity contribution in [2.75, 3.05) is 13.1 Å². The first-order valence-corrected chi connectivity index (χ1v) is 9.04. The van der Waals surface area contributed by atoms with Gasteiger partial charge in [0.15, 0.2) is 0 Å². The summed E-state index contributed by atoms with van der Waals surface area (Å²) in [6.07, 6.45) is 10.5. The molecular weight excluding hydrogens is 254 g/mol. The van der Waals surface area contributed by atoms with Gasteiger partial charge in [0, 0.05) is 6.54 Å². The molecule has 21 heavy (non-hydrogen) atoms. The number of nitrogens with one attached hydrogen (secondary N) is 1. The predicted octanol–water partition coefficient (Wildman–Crippen LogP) is 4.91. The molecule has 1 aliphatic carbocycles. The largest absolute Gasteiger partial charge is 0.316 e. The van der Waals surface area contributed by atoms with Gasteiger partial charge >= 0.3 is 0 Å². The molecule has 0 aromatic heterocycles. The summed E-state index contributed by atoms with van der Waals surface area (Å²) in [6.45, 7) is 9.15. The summed E-state index contributed by atoms with van der Waals surface area (Å²) >= 11 is 0. The van der Waals surface area contributed by atoms with E-state index in [1.165, 1.54) is 51.4 Å². The van der Waals surface area contributed by atoms with Gasteiger partial charge in [-0.3, -0.25) is 0 Å². The first-order chi connectivity index (χ1) is 10.2. The van der Waals surface area contributed by atoms with E-state index in [4.69, 9.17) is 0 Å². The Hall–Kier alpha value is -0.820. The summed E-state index contributed by atoms with van der Waals surface area (Å²) in [4.78, 5) is 0. The van der Waals surface area contributed by atoms with Gasteiger partial charge in [-0.1, -0.05) is 51.8 Å². The maximum Gasteiger partial charge on any atom is 0.00108 e. The molecule has 1 aromatic carbocycles. The van der Waals surface area contributed by atoms with E-state index in [0.717, 1.165) is 13.1 Å². The number of rotatable bonds is 9. The zero-order valence-corrected chi connectivity index (χ0v) is 14.3. The average Bonchev–Trinajstić information content (AvgIpc) is 2.97. The molecule has 1 atom stereocenters. The first kappa shape index (κ1) is 16.5. The molecule has 0 fully saturated rings. The van der Waals surface area contributed by atoms with Crippen LogP contribution in [0.5, 0.6) is 0 Å². The van der Waals surface area contributed by atoms with Crippen LogP contribution >= 0.6 is 0 Å². The van der Waals surface area contributed by atoms with Gasteiger partial charge in [-0.15, -0.1) is 0 Å². The molecule has 0 amide bonds. The standard InChI is InChI=1S/C20H33N/c1-4-7-13-20(5-2,16-21-6-3)15-17-11-12-18-9-8-10-19(18)14-17/h11-12,14,21H,4-10,13,15-16H2,1-3H3. The van der Waals surface area contributed by atoms with Crippen LogP contribution in [-0.2, 0) is 19.3 Å². The van der Waals surface area contributed by atoms with Crippen molar-refractivity contribution in [3.63, 3.8) is 0 Å². The monoisotopic (exact) mass is 287 g/mol. The summed E-state index contributed by atoms with van der Waals surface area (Å²) in [5.41, 5.74) is 5.22. The molecule has 1 heteroatoms. The van der Waals surface area contributed by atoms with Gasteiger partial charge in [0.05, 0.1) is 0 Å². The van der Waals surface area contributed by atoms with Gasteiger partial charge in [0.2, 0.25) is 0 Å². The van der Waals surface area contributed by atoms with Crippen molar-refractivity contribution in [2.24, 2.45) is 5.41 Å². The molecule has 1 aromatic rings. The number of hydrogen-bond donors (Lipinski definition) is 1. The van der Waals surface area contributed by atoms with Gasteiger partial charge < -0.3 is 5.32 Å². The van der Waals surface area contributed by atoms with Gasteiger partial charge in [-0.05, 0) is 67.2 Å². The lowest BCUT2D eigenvalue weighted by molar-refractivity contribution is 0.231. The second-order valence-electron chi connectivity index (χ2n) is 6.87. The molecule has 0 bridgehead atoms. The van der Waals surface area contributed by atoms with E-state index in [-0.39, 0.29) is 0 Å². The fraction of sp³-hybridized carbons (Fsp3) is 0.700. The fourth-order valence-corrected chi connectivity index (χ4v) is 3.78. The van der Waals surface area contributed by atoms with E-state index in [9.17, 15) is 0 Å². The zero-order chi connectivity index (χ0) is 15.1. The summed E-state index contributed by atoms with van der Waals surface area (Å²) in [5, 5.41) is 3.62. The summed E-state index contributed by atoms with van der Waals surface area (Å²) in [7, 11) is 0. The Bertz CT molecular complexity index is 427. The SMILES string of the molecule is CCCCC(CC)(CNCC)Cc1ccc2c(c1)CCC2. The van der Waals surface area contributed by atoms with E-state index in [1.807, 2.05) is 0 Å². The summed E-state index contributed by atoms with van der Waals surface area (Å²) < 4.78 is 0. The van der Waals surface area contributed by atoms with Crippen LogP contribution in [0.3, 0.4) is 0 Å². The third-order valence-corrected chi connectivity index (χ3v) is 5.30. The molecule has 1 N–H and O–H groups in total. The van der Waals surface area contributed by atoms with Gasteiger partial charge in [-0.25, -0.2) is 0 Å². The number of aryl methyl sites for hydroxylation is 2. The smallest absolute Gasteiger partial charge is 0.00108 e. The molecule has 0 saturated carbocycles. The molecule has 0 radical (unpaired) electrons. The Morgan fingerprint density at radius 1 is 1.10 bits per heavy atom. The molecule has 1 aliphatic rings. The molecule has 0 saturated heterocycles. The van der Waals surface area contributed by atoms with Crippen LogP contribution in [0.2, 0.25) is 0 Å². The molecule has 0 heterocycles. The van der Waals surface area contributed by atoms with Crippen molar-refractivity contribution in [2.45, 2.75) is 72.1 Å². The van der Waals surface area contributed by atoms with Crippen molar-refractivity contribution in [1.82, 2.24) is 5.32 Å². The zero-order valence-electron chi connectivity index (χ0n) is 14.3. The molecule has 0 spiro atoms. The van der Waals surface area contributed by atoms with Crippen LogP contribution in [0.15, 0.2) is 18.2 Å². The Balaban J connectivity index is 2.12. The second kappa shape index (κ2) is 7.98.